The molecule has 10 N–H and O–H groups in total. The van der Waals surface area contributed by atoms with E-state index in [9.17, 15) is 67.9 Å². The molecule has 10 aliphatic rings. The number of aromatic nitrogens is 9. The van der Waals surface area contributed by atoms with Gasteiger partial charge in [0.2, 0.25) is 47.6 Å². The summed E-state index contributed by atoms with van der Waals surface area (Å²) in [7, 11) is 0. The average Bonchev–Trinajstić information content (AvgIpc) is 1.55. The van der Waals surface area contributed by atoms with Crippen molar-refractivity contribution in [2.45, 2.75) is 205 Å². The molecule has 9 aromatic heterocycles. The van der Waals surface area contributed by atoms with Gasteiger partial charge in [-0.05, 0) is 191 Å². The highest BCUT2D eigenvalue weighted by Gasteiger charge is 2.64. The van der Waals surface area contributed by atoms with Crippen LogP contribution in [0.4, 0.5) is 98.0 Å². The zero-order valence-electron chi connectivity index (χ0n) is 66.9. The molecule has 5 unspecified atom stereocenters. The second-order valence-electron chi connectivity index (χ2n) is 33.4. The van der Waals surface area contributed by atoms with E-state index in [-0.39, 0.29) is 120 Å². The van der Waals surface area contributed by atoms with Gasteiger partial charge in [0.1, 0.15) is 36.8 Å². The summed E-state index contributed by atoms with van der Waals surface area (Å²) in [6.07, 6.45) is 27.9. The van der Waals surface area contributed by atoms with E-state index in [2.05, 4.69) is 114 Å². The van der Waals surface area contributed by atoms with Gasteiger partial charge in [0.25, 0.3) is 29.5 Å². The normalized spacial score (nSPS) is 20.7. The number of aryl methyl sites for hydroxylation is 3. The smallest absolute Gasteiger partial charge is 0.272 e. The highest BCUT2D eigenvalue weighted by Crippen LogP contribution is 2.67. The number of carbonyl (C=O) groups excluding carboxylic acids is 5. The van der Waals surface area contributed by atoms with Crippen LogP contribution in [0.3, 0.4) is 0 Å². The van der Waals surface area contributed by atoms with Crippen LogP contribution in [0.2, 0.25) is 4.34 Å². The minimum atomic E-state index is -0.944. The van der Waals surface area contributed by atoms with Crippen molar-refractivity contribution >= 4 is 168 Å². The summed E-state index contributed by atoms with van der Waals surface area (Å²) in [6, 6.07) is 12.9. The molecule has 24 nitrogen and oxygen atoms in total. The Balaban J connectivity index is 0.000000115. The molecule has 0 bridgehead atoms. The van der Waals surface area contributed by atoms with Gasteiger partial charge in [-0.25, -0.2) is 33.7 Å². The summed E-state index contributed by atoms with van der Waals surface area (Å²) in [4.78, 5) is 98.2. The second kappa shape index (κ2) is 36.0. The summed E-state index contributed by atoms with van der Waals surface area (Å²) in [6.45, 7) is 5.42. The number of pyridine rings is 4. The maximum Gasteiger partial charge on any atom is 0.272 e. The molecule has 654 valence electrons. The van der Waals surface area contributed by atoms with Crippen LogP contribution in [-0.4, -0.2) is 105 Å². The number of carbonyl (C=O) groups is 5. The number of halogens is 12. The van der Waals surface area contributed by atoms with Crippen molar-refractivity contribution in [1.29, 1.82) is 0 Å². The third kappa shape index (κ3) is 20.4. The molecule has 10 fully saturated rings. The molecule has 10 aliphatic carbocycles. The van der Waals surface area contributed by atoms with E-state index in [0.717, 1.165) is 132 Å². The zero-order chi connectivity index (χ0) is 87.3. The Bertz CT molecular complexity index is 5190. The summed E-state index contributed by atoms with van der Waals surface area (Å²) in [5, 5.41) is 31.3. The number of anilines is 10. The lowest BCUT2D eigenvalue weighted by Crippen LogP contribution is -2.54. The molecular formula is C83H83BrClF10N19O5S5. The van der Waals surface area contributed by atoms with Crippen molar-refractivity contribution in [2.24, 2.45) is 27.1 Å². The fourth-order valence-electron chi connectivity index (χ4n) is 17.8. The first-order valence-corrected chi connectivity index (χ1v) is 45.9. The SMILES string of the molecule is Cc1sc(Nc2cc(F)cc(F)c2)nc1C(=O)NC1CC12CC2.Cc1sc(Nc2cc(F)nc(F)c2)nc1C(=O)NC1CC12CC2.Cc1sc(Nc2cc(F)nc(F)c2)nc1C(=O)NC1CCC12CCCC2.O=C(NC1CCC12CCCC2)c1nc(Nc2cc(F)nc(F)c2)sc1Br.O=C(NC1CCC12CCCC2)c1nc(Nc2cc(F)nc(F)c2)sc1Cl. The van der Waals surface area contributed by atoms with Crippen LogP contribution in [0.25, 0.3) is 0 Å². The van der Waals surface area contributed by atoms with E-state index in [0.29, 0.717) is 57.6 Å². The lowest BCUT2D eigenvalue weighted by Gasteiger charge is -2.47. The predicted molar refractivity (Wildman–Crippen MR) is 456 cm³/mol. The van der Waals surface area contributed by atoms with Crippen LogP contribution >= 0.6 is 84.2 Å². The topological polar surface area (TPSA) is 322 Å². The van der Waals surface area contributed by atoms with Gasteiger partial charge in [0.05, 0.1) is 0 Å². The van der Waals surface area contributed by atoms with Gasteiger partial charge in [0.15, 0.2) is 37.0 Å². The standard InChI is InChI=1S/C18H20F2N4OS.C17H17BrF2N4OS.C17H17ClF2N4OS.C16H15F2N3OS.C15H14F2N4OS/c1-10-15(16(25)22-12-4-7-18(12)5-2-3-6-18)24-17(26-10)21-11-8-13(19)23-14(20)9-11;2*18-14-13(15(25)22-10-3-6-17(10)4-1-2-5-17)24-16(26-14)21-9-7-11(19)23-12(20)8-9;1-8-13(14(22)20-12-7-16(12)2-3-16)21-15(23-8)19-11-5-9(17)4-10(18)6-11;1-7-12(13(22)19-9-6-15(9)2-3-15)21-14(23-7)18-8-4-10(16)20-11(17)5-8/h8-9,12H,2-7H2,1H3,(H,22,25)(H,21,23,24);2*7-8,10H,1-6H2,(H,22,25)(H,21,23,24);4-6,12H,2-3,7H2,1H3,(H,19,21)(H,20,22);4-5,9H,2-3,6H2,1H3,(H,19,22)(H,18,20,21). The van der Waals surface area contributed by atoms with Crippen molar-refractivity contribution in [2.75, 3.05) is 26.6 Å². The van der Waals surface area contributed by atoms with Crippen LogP contribution in [-0.2, 0) is 0 Å². The Morgan fingerprint density at radius 2 is 0.565 bits per heavy atom. The lowest BCUT2D eigenvalue weighted by molar-refractivity contribution is 0.0576. The minimum absolute atomic E-state index is 0.134. The van der Waals surface area contributed by atoms with Crippen molar-refractivity contribution in [1.82, 2.24) is 71.4 Å². The van der Waals surface area contributed by atoms with Gasteiger partial charge in [-0.15, -0.1) is 34.0 Å². The molecule has 20 rings (SSSR count). The number of thiazole rings is 5. The van der Waals surface area contributed by atoms with Crippen molar-refractivity contribution in [3.63, 3.8) is 0 Å². The van der Waals surface area contributed by atoms with Gasteiger partial charge in [-0.2, -0.15) is 55.1 Å². The van der Waals surface area contributed by atoms with E-state index < -0.39 is 59.2 Å². The quantitative estimate of drug-likeness (QED) is 0.0250. The summed E-state index contributed by atoms with van der Waals surface area (Å²) in [5.41, 5.74) is 4.14. The van der Waals surface area contributed by atoms with Gasteiger partial charge >= 0.3 is 0 Å². The molecule has 5 amide bonds. The Hall–Kier alpha value is -9.61. The number of benzene rings is 1. The van der Waals surface area contributed by atoms with Gasteiger partial charge in [-0.3, -0.25) is 24.0 Å². The zero-order valence-corrected chi connectivity index (χ0v) is 73.3. The average molecular weight is 1890 g/mol. The first kappa shape index (κ1) is 87.8. The molecule has 9 heterocycles. The summed E-state index contributed by atoms with van der Waals surface area (Å²) >= 11 is 15.6. The monoisotopic (exact) mass is 1890 g/mol. The predicted octanol–water partition coefficient (Wildman–Crippen LogP) is 20.7. The third-order valence-corrected chi connectivity index (χ3v) is 30.8. The molecule has 41 heteroatoms. The second-order valence-corrected chi connectivity index (χ2v) is 41.0. The van der Waals surface area contributed by atoms with Crippen LogP contribution in [0.5, 0.6) is 0 Å². The highest BCUT2D eigenvalue weighted by atomic mass is 79.9. The summed E-state index contributed by atoms with van der Waals surface area (Å²) < 4.78 is 133. The van der Waals surface area contributed by atoms with E-state index in [1.54, 1.807) is 6.92 Å². The van der Waals surface area contributed by atoms with Crippen molar-refractivity contribution in [3.05, 3.63) is 177 Å². The maximum atomic E-state index is 13.2. The maximum absolute atomic E-state index is 13.2. The Morgan fingerprint density at radius 3 is 0.847 bits per heavy atom. The molecule has 124 heavy (non-hydrogen) atoms. The molecule has 10 aromatic rings. The molecule has 0 radical (unpaired) electrons. The molecule has 10 saturated carbocycles. The molecule has 0 aliphatic heterocycles. The van der Waals surface area contributed by atoms with Crippen LogP contribution in [0, 0.1) is 107 Å². The van der Waals surface area contributed by atoms with Gasteiger partial charge in [0, 0.05) is 128 Å². The highest BCUT2D eigenvalue weighted by molar-refractivity contribution is 9.11. The fraction of sp³-hybridized carbons (Fsp3) is 0.446. The molecule has 5 atom stereocenters. The number of amides is 5. The molecule has 1 aromatic carbocycles. The lowest BCUT2D eigenvalue weighted by atomic mass is 9.63. The Labute approximate surface area is 738 Å². The van der Waals surface area contributed by atoms with Crippen molar-refractivity contribution < 1.29 is 67.9 Å². The van der Waals surface area contributed by atoms with Crippen LogP contribution < -0.4 is 53.2 Å². The van der Waals surface area contributed by atoms with Crippen LogP contribution in [0.15, 0.2) is 70.5 Å². The first-order valence-electron chi connectivity index (χ1n) is 40.7. The van der Waals surface area contributed by atoms with E-state index in [1.165, 1.54) is 160 Å². The first-order chi connectivity index (χ1) is 59.2. The number of rotatable bonds is 20. The number of hydrogen-bond acceptors (Lipinski definition) is 24. The van der Waals surface area contributed by atoms with Crippen molar-refractivity contribution in [3.8, 4) is 0 Å². The number of nitrogens with zero attached hydrogens (tertiary/aromatic N) is 9. The van der Waals surface area contributed by atoms with E-state index in [1.807, 2.05) is 13.8 Å². The molecule has 5 spiro atoms. The summed E-state index contributed by atoms with van der Waals surface area (Å²) in [5.74, 6) is -9.77. The van der Waals surface area contributed by atoms with Crippen LogP contribution in [0.1, 0.15) is 221 Å². The Kier molecular flexibility index (Phi) is 25.5. The number of nitrogens with one attached hydrogen (secondary N) is 10. The number of hydrogen-bond donors (Lipinski definition) is 10. The molecule has 0 saturated heterocycles. The largest absolute Gasteiger partial charge is 0.347 e. The third-order valence-electron chi connectivity index (χ3n) is 25.3. The fourth-order valence-corrected chi connectivity index (χ4v) is 22.8. The van der Waals surface area contributed by atoms with Gasteiger partial charge < -0.3 is 53.2 Å². The van der Waals surface area contributed by atoms with Gasteiger partial charge in [-0.1, -0.05) is 72.8 Å². The van der Waals surface area contributed by atoms with E-state index >= 15 is 0 Å². The van der Waals surface area contributed by atoms with E-state index in [4.69, 9.17) is 11.6 Å². The Morgan fingerprint density at radius 1 is 0.315 bits per heavy atom. The minimum Gasteiger partial charge on any atom is -0.347 e. The molecular weight excluding hydrogens is 1810 g/mol.